The Hall–Kier alpha value is -2.15. The number of para-hydroxylation sites is 1. The maximum atomic E-state index is 11.5. The summed E-state index contributed by atoms with van der Waals surface area (Å²) >= 11 is 1.22. The number of benzene rings is 1. The van der Waals surface area contributed by atoms with Crippen molar-refractivity contribution < 1.29 is 9.53 Å². The van der Waals surface area contributed by atoms with Crippen molar-refractivity contribution in [2.75, 3.05) is 5.43 Å². The van der Waals surface area contributed by atoms with Crippen LogP contribution < -0.4 is 15.6 Å². The molecule has 6 nitrogen and oxygen atoms in total. The van der Waals surface area contributed by atoms with E-state index in [9.17, 15) is 4.79 Å². The monoisotopic (exact) mass is 276 g/mol. The average Bonchev–Trinajstić information content (AvgIpc) is 3.17. The number of nitrogens with zero attached hydrogens (tertiary/aromatic N) is 2. The van der Waals surface area contributed by atoms with E-state index < -0.39 is 6.09 Å². The molecule has 1 heterocycles. The lowest BCUT2D eigenvalue weighted by atomic mass is 10.3. The molecule has 98 valence electrons. The Labute approximate surface area is 114 Å². The standard InChI is InChI=1S/C12H12N4O2S/c17-12(18-9-4-2-1-3-5-9)15-14-11-13-10(16-19-11)8-6-7-8/h1-5,8H,6-7H2,(H,15,17)(H,13,14,16). The van der Waals surface area contributed by atoms with Crippen molar-refractivity contribution >= 4 is 22.8 Å². The van der Waals surface area contributed by atoms with Crippen LogP contribution in [0.5, 0.6) is 5.75 Å². The highest BCUT2D eigenvalue weighted by Gasteiger charge is 2.27. The first kappa shape index (κ1) is 11.9. The summed E-state index contributed by atoms with van der Waals surface area (Å²) in [6.07, 6.45) is 1.72. The molecule has 0 unspecified atom stereocenters. The first-order chi connectivity index (χ1) is 9.31. The molecule has 1 aliphatic rings. The molecular formula is C12H12N4O2S. The van der Waals surface area contributed by atoms with Gasteiger partial charge in [-0.05, 0) is 25.0 Å². The third-order valence-electron chi connectivity index (χ3n) is 2.61. The molecule has 0 aliphatic heterocycles. The fraction of sp³-hybridized carbons (Fsp3) is 0.250. The summed E-state index contributed by atoms with van der Waals surface area (Å²) in [5.41, 5.74) is 5.10. The Balaban J connectivity index is 1.49. The van der Waals surface area contributed by atoms with Crippen LogP contribution in [0.25, 0.3) is 0 Å². The number of nitrogens with one attached hydrogen (secondary N) is 2. The van der Waals surface area contributed by atoms with Gasteiger partial charge in [0.2, 0.25) is 5.13 Å². The summed E-state index contributed by atoms with van der Waals surface area (Å²) in [7, 11) is 0. The van der Waals surface area contributed by atoms with Crippen molar-refractivity contribution in [1.82, 2.24) is 14.8 Å². The van der Waals surface area contributed by atoms with Crippen molar-refractivity contribution in [3.63, 3.8) is 0 Å². The predicted octanol–water partition coefficient (Wildman–Crippen LogP) is 2.53. The minimum Gasteiger partial charge on any atom is -0.409 e. The Morgan fingerprint density at radius 1 is 1.32 bits per heavy atom. The average molecular weight is 276 g/mol. The predicted molar refractivity (Wildman–Crippen MR) is 71.1 cm³/mol. The second-order valence-corrected chi connectivity index (χ2v) is 4.94. The van der Waals surface area contributed by atoms with Crippen molar-refractivity contribution in [2.24, 2.45) is 0 Å². The number of rotatable bonds is 4. The van der Waals surface area contributed by atoms with Crippen LogP contribution in [0.1, 0.15) is 24.6 Å². The fourth-order valence-electron chi connectivity index (χ4n) is 1.52. The van der Waals surface area contributed by atoms with E-state index in [-0.39, 0.29) is 0 Å². The Morgan fingerprint density at radius 2 is 2.11 bits per heavy atom. The number of anilines is 1. The molecule has 19 heavy (non-hydrogen) atoms. The van der Waals surface area contributed by atoms with Crippen LogP contribution in [0.15, 0.2) is 30.3 Å². The van der Waals surface area contributed by atoms with Crippen molar-refractivity contribution in [3.8, 4) is 5.75 Å². The first-order valence-electron chi connectivity index (χ1n) is 5.94. The molecule has 1 aromatic carbocycles. The van der Waals surface area contributed by atoms with Gasteiger partial charge in [0.05, 0.1) is 0 Å². The second-order valence-electron chi connectivity index (χ2n) is 4.18. The maximum Gasteiger partial charge on any atom is 0.431 e. The van der Waals surface area contributed by atoms with Crippen molar-refractivity contribution in [3.05, 3.63) is 36.2 Å². The van der Waals surface area contributed by atoms with Crippen LogP contribution in [0, 0.1) is 0 Å². The van der Waals surface area contributed by atoms with Crippen molar-refractivity contribution in [1.29, 1.82) is 0 Å². The highest BCUT2D eigenvalue weighted by molar-refractivity contribution is 7.09. The molecular weight excluding hydrogens is 264 g/mol. The van der Waals surface area contributed by atoms with E-state index >= 15 is 0 Å². The van der Waals surface area contributed by atoms with Crippen LogP contribution in [0.2, 0.25) is 0 Å². The molecule has 0 atom stereocenters. The van der Waals surface area contributed by atoms with Gasteiger partial charge in [-0.2, -0.15) is 4.37 Å². The SMILES string of the molecule is O=C(NNc1nc(C2CC2)ns1)Oc1ccccc1. The summed E-state index contributed by atoms with van der Waals surface area (Å²) in [6, 6.07) is 8.85. The lowest BCUT2D eigenvalue weighted by Gasteiger charge is -2.05. The zero-order valence-electron chi connectivity index (χ0n) is 10.00. The summed E-state index contributed by atoms with van der Waals surface area (Å²) in [5.74, 6) is 1.84. The molecule has 3 rings (SSSR count). The summed E-state index contributed by atoms with van der Waals surface area (Å²) in [4.78, 5) is 15.8. The fourth-order valence-corrected chi connectivity index (χ4v) is 2.12. The molecule has 1 aromatic heterocycles. The lowest BCUT2D eigenvalue weighted by Crippen LogP contribution is -2.32. The second kappa shape index (κ2) is 5.23. The first-order valence-corrected chi connectivity index (χ1v) is 6.71. The molecule has 7 heteroatoms. The van der Waals surface area contributed by atoms with E-state index in [0.29, 0.717) is 16.8 Å². The number of amides is 1. The quantitative estimate of drug-likeness (QED) is 0.839. The number of hydrazine groups is 1. The summed E-state index contributed by atoms with van der Waals surface area (Å²) in [6.45, 7) is 0. The molecule has 2 aromatic rings. The topological polar surface area (TPSA) is 76.1 Å². The van der Waals surface area contributed by atoms with E-state index in [1.807, 2.05) is 6.07 Å². The molecule has 0 spiro atoms. The van der Waals surface area contributed by atoms with Gasteiger partial charge in [-0.3, -0.25) is 5.43 Å². The van der Waals surface area contributed by atoms with Gasteiger partial charge in [0.1, 0.15) is 11.6 Å². The number of aromatic nitrogens is 2. The lowest BCUT2D eigenvalue weighted by molar-refractivity contribution is 0.203. The maximum absolute atomic E-state index is 11.5. The molecule has 2 N–H and O–H groups in total. The molecule has 1 amide bonds. The number of carbonyl (C=O) groups is 1. The van der Waals surface area contributed by atoms with Crippen LogP contribution in [-0.4, -0.2) is 15.5 Å². The van der Waals surface area contributed by atoms with Gasteiger partial charge in [-0.1, -0.05) is 18.2 Å². The number of ether oxygens (including phenoxy) is 1. The molecule has 0 radical (unpaired) electrons. The molecule has 1 fully saturated rings. The highest BCUT2D eigenvalue weighted by atomic mass is 32.1. The molecule has 0 bridgehead atoms. The summed E-state index contributed by atoms with van der Waals surface area (Å²) in [5, 5.41) is 0.562. The van der Waals surface area contributed by atoms with Gasteiger partial charge >= 0.3 is 6.09 Å². The normalized spacial score (nSPS) is 13.9. The van der Waals surface area contributed by atoms with Gasteiger partial charge in [0.25, 0.3) is 0 Å². The zero-order valence-corrected chi connectivity index (χ0v) is 10.8. The Kier molecular flexibility index (Phi) is 3.28. The van der Waals surface area contributed by atoms with Crippen molar-refractivity contribution in [2.45, 2.75) is 18.8 Å². The molecule has 1 aliphatic carbocycles. The minimum atomic E-state index is -0.589. The van der Waals surface area contributed by atoms with Gasteiger partial charge in [0, 0.05) is 17.5 Å². The smallest absolute Gasteiger partial charge is 0.409 e. The largest absolute Gasteiger partial charge is 0.431 e. The van der Waals surface area contributed by atoms with Gasteiger partial charge in [-0.25, -0.2) is 15.2 Å². The van der Waals surface area contributed by atoms with E-state index in [4.69, 9.17) is 4.74 Å². The number of hydrogen-bond donors (Lipinski definition) is 2. The van der Waals surface area contributed by atoms with Gasteiger partial charge < -0.3 is 4.74 Å². The Bertz CT molecular complexity index is 568. The third-order valence-corrected chi connectivity index (χ3v) is 3.25. The minimum absolute atomic E-state index is 0.484. The highest BCUT2D eigenvalue weighted by Crippen LogP contribution is 2.39. The van der Waals surface area contributed by atoms with Crippen LogP contribution in [-0.2, 0) is 0 Å². The van der Waals surface area contributed by atoms with Gasteiger partial charge in [-0.15, -0.1) is 0 Å². The molecule has 1 saturated carbocycles. The van der Waals surface area contributed by atoms with E-state index in [1.54, 1.807) is 24.3 Å². The Morgan fingerprint density at radius 3 is 2.84 bits per heavy atom. The van der Waals surface area contributed by atoms with E-state index in [1.165, 1.54) is 11.5 Å². The van der Waals surface area contributed by atoms with Crippen LogP contribution >= 0.6 is 11.5 Å². The van der Waals surface area contributed by atoms with Gasteiger partial charge in [0.15, 0.2) is 0 Å². The number of hydrogen-bond acceptors (Lipinski definition) is 6. The number of carbonyl (C=O) groups excluding carboxylic acids is 1. The van der Waals surface area contributed by atoms with E-state index in [0.717, 1.165) is 18.7 Å². The molecule has 0 saturated heterocycles. The van der Waals surface area contributed by atoms with E-state index in [2.05, 4.69) is 20.2 Å². The zero-order chi connectivity index (χ0) is 13.1. The van der Waals surface area contributed by atoms with Crippen LogP contribution in [0.3, 0.4) is 0 Å². The summed E-state index contributed by atoms with van der Waals surface area (Å²) < 4.78 is 9.26. The third kappa shape index (κ3) is 3.19. The van der Waals surface area contributed by atoms with Crippen LogP contribution in [0.4, 0.5) is 9.93 Å².